The number of amides is 2. The lowest BCUT2D eigenvalue weighted by molar-refractivity contribution is 0.0691. The maximum absolute atomic E-state index is 12.9. The third-order valence-electron chi connectivity index (χ3n) is 7.14. The first kappa shape index (κ1) is 24.7. The van der Waals surface area contributed by atoms with Crippen LogP contribution in [0.15, 0.2) is 55.0 Å². The highest BCUT2D eigenvalue weighted by atomic mass is 16.5. The van der Waals surface area contributed by atoms with Crippen molar-refractivity contribution in [3.05, 3.63) is 60.6 Å². The minimum Gasteiger partial charge on any atom is -0.465 e. The molecule has 0 bridgehead atoms. The highest BCUT2D eigenvalue weighted by Gasteiger charge is 2.28. The van der Waals surface area contributed by atoms with E-state index >= 15 is 0 Å². The van der Waals surface area contributed by atoms with Crippen LogP contribution in [0.25, 0.3) is 22.4 Å². The van der Waals surface area contributed by atoms with Crippen molar-refractivity contribution in [2.45, 2.75) is 18.9 Å². The molecule has 2 fully saturated rings. The Morgan fingerprint density at radius 1 is 0.974 bits per heavy atom. The van der Waals surface area contributed by atoms with Crippen LogP contribution in [0, 0.1) is 0 Å². The van der Waals surface area contributed by atoms with Crippen LogP contribution in [0.4, 0.5) is 16.3 Å². The van der Waals surface area contributed by atoms with E-state index in [2.05, 4.69) is 15.2 Å². The molecular formula is C27H28N8O4. The van der Waals surface area contributed by atoms with Crippen LogP contribution in [0.5, 0.6) is 0 Å². The van der Waals surface area contributed by atoms with Crippen LogP contribution >= 0.6 is 0 Å². The zero-order valence-electron chi connectivity index (χ0n) is 21.2. The van der Waals surface area contributed by atoms with Gasteiger partial charge < -0.3 is 19.6 Å². The minimum absolute atomic E-state index is 0.00748. The van der Waals surface area contributed by atoms with Crippen molar-refractivity contribution >= 4 is 34.5 Å². The summed E-state index contributed by atoms with van der Waals surface area (Å²) in [5, 5.41) is 17.0. The van der Waals surface area contributed by atoms with Gasteiger partial charge in [0.15, 0.2) is 11.5 Å². The summed E-state index contributed by atoms with van der Waals surface area (Å²) in [4.78, 5) is 41.9. The van der Waals surface area contributed by atoms with Gasteiger partial charge in [-0.2, -0.15) is 5.10 Å². The average molecular weight is 529 g/mol. The number of ether oxygens (including phenoxy) is 1. The Bertz CT molecular complexity index is 1480. The number of morpholine rings is 1. The van der Waals surface area contributed by atoms with Crippen LogP contribution in [-0.2, 0) is 4.74 Å². The number of rotatable bonds is 5. The van der Waals surface area contributed by atoms with E-state index in [1.807, 2.05) is 15.8 Å². The van der Waals surface area contributed by atoms with Crippen LogP contribution in [0.2, 0.25) is 0 Å². The molecule has 0 unspecified atom stereocenters. The minimum atomic E-state index is -1.12. The number of nitrogens with zero attached hydrogens (tertiary/aromatic N) is 7. The maximum atomic E-state index is 12.9. The molecule has 6 rings (SSSR count). The summed E-state index contributed by atoms with van der Waals surface area (Å²) >= 11 is 0. The van der Waals surface area contributed by atoms with Gasteiger partial charge in [-0.15, -0.1) is 0 Å². The lowest BCUT2D eigenvalue weighted by Gasteiger charge is -2.32. The van der Waals surface area contributed by atoms with Crippen molar-refractivity contribution in [3.63, 3.8) is 0 Å². The molecule has 0 spiro atoms. The molecule has 0 aliphatic carbocycles. The lowest BCUT2D eigenvalue weighted by Crippen LogP contribution is -2.39. The number of carbonyl (C=O) groups excluding carboxylic acids is 1. The van der Waals surface area contributed by atoms with Crippen LogP contribution in [0.3, 0.4) is 0 Å². The fourth-order valence-corrected chi connectivity index (χ4v) is 5.13. The van der Waals surface area contributed by atoms with Gasteiger partial charge in [-0.3, -0.25) is 15.1 Å². The molecule has 2 saturated heterocycles. The van der Waals surface area contributed by atoms with Crippen molar-refractivity contribution in [1.82, 2.24) is 29.6 Å². The quantitative estimate of drug-likeness (QED) is 0.399. The molecule has 39 heavy (non-hydrogen) atoms. The Balaban J connectivity index is 1.31. The first-order valence-corrected chi connectivity index (χ1v) is 12.9. The molecule has 4 aromatic rings. The summed E-state index contributed by atoms with van der Waals surface area (Å²) in [6.45, 7) is 3.90. The average Bonchev–Trinajstić information content (AvgIpc) is 3.41. The van der Waals surface area contributed by atoms with Gasteiger partial charge in [0.25, 0.3) is 5.91 Å². The Hall–Kier alpha value is -4.58. The molecule has 2 amide bonds. The van der Waals surface area contributed by atoms with E-state index in [4.69, 9.17) is 24.9 Å². The van der Waals surface area contributed by atoms with Crippen LogP contribution < -0.4 is 10.2 Å². The first-order valence-electron chi connectivity index (χ1n) is 12.9. The predicted octanol–water partition coefficient (Wildman–Crippen LogP) is 3.29. The normalized spacial score (nSPS) is 16.4. The number of benzene rings is 1. The zero-order valence-corrected chi connectivity index (χ0v) is 21.2. The Kier molecular flexibility index (Phi) is 6.76. The number of likely N-dealkylation sites (tertiary alicyclic amines) is 1. The van der Waals surface area contributed by atoms with E-state index < -0.39 is 6.09 Å². The fourth-order valence-electron chi connectivity index (χ4n) is 5.13. The summed E-state index contributed by atoms with van der Waals surface area (Å²) in [6, 6.07) is 10.6. The highest BCUT2D eigenvalue weighted by Crippen LogP contribution is 2.32. The maximum Gasteiger partial charge on any atom is 0.409 e. The summed E-state index contributed by atoms with van der Waals surface area (Å²) < 4.78 is 7.53. The number of carbonyl (C=O) groups is 2. The zero-order chi connectivity index (χ0) is 26.8. The van der Waals surface area contributed by atoms with Gasteiger partial charge >= 0.3 is 6.09 Å². The molecule has 2 aliphatic heterocycles. The Labute approximate surface area is 224 Å². The summed E-state index contributed by atoms with van der Waals surface area (Å²) in [6.07, 6.45) is 5.48. The number of hydrogen-bond donors (Lipinski definition) is 2. The third-order valence-corrected chi connectivity index (χ3v) is 7.14. The van der Waals surface area contributed by atoms with Crippen molar-refractivity contribution < 1.29 is 19.4 Å². The number of aromatic nitrogens is 5. The van der Waals surface area contributed by atoms with Crippen molar-refractivity contribution in [2.24, 2.45) is 0 Å². The highest BCUT2D eigenvalue weighted by molar-refractivity contribution is 5.94. The molecule has 1 aromatic carbocycles. The second kappa shape index (κ2) is 10.7. The number of nitrogens with one attached hydrogen (secondary N) is 1. The number of piperidine rings is 1. The van der Waals surface area contributed by atoms with Gasteiger partial charge in [-0.1, -0.05) is 0 Å². The van der Waals surface area contributed by atoms with Gasteiger partial charge in [0.05, 0.1) is 36.4 Å². The monoisotopic (exact) mass is 528 g/mol. The summed E-state index contributed by atoms with van der Waals surface area (Å²) in [5.74, 6) is 1.34. The number of carboxylic acid groups (broad SMARTS) is 1. The third kappa shape index (κ3) is 5.10. The predicted molar refractivity (Wildman–Crippen MR) is 144 cm³/mol. The van der Waals surface area contributed by atoms with E-state index in [0.717, 1.165) is 35.3 Å². The van der Waals surface area contributed by atoms with E-state index in [1.54, 1.807) is 48.8 Å². The molecule has 0 saturated carbocycles. The van der Waals surface area contributed by atoms with E-state index in [-0.39, 0.29) is 11.9 Å². The number of hydrogen-bond acceptors (Lipinski definition) is 8. The van der Waals surface area contributed by atoms with Gasteiger partial charge in [0.2, 0.25) is 0 Å². The van der Waals surface area contributed by atoms with E-state index in [9.17, 15) is 9.59 Å². The topological polar surface area (TPSA) is 139 Å². The van der Waals surface area contributed by atoms with Gasteiger partial charge in [-0.25, -0.2) is 19.4 Å². The lowest BCUT2D eigenvalue weighted by atomic mass is 10.0. The standard InChI is InChI=1S/C27H28N8O4/c36-26(19-2-1-9-28-16-19)34-10-7-21(8-11-34)35-25-22(17-29-35)24(33-12-14-39-15-13-33)31-23(32-25)18-3-5-20(6-4-18)30-27(37)38/h1-6,9,16-17,21,30H,7-8,10-15H2,(H,37,38). The molecule has 2 N–H and O–H groups in total. The molecule has 5 heterocycles. The number of pyridine rings is 1. The molecular weight excluding hydrogens is 500 g/mol. The fraction of sp³-hybridized carbons (Fsp3) is 0.333. The smallest absolute Gasteiger partial charge is 0.409 e. The second-order valence-corrected chi connectivity index (χ2v) is 9.57. The molecule has 12 heteroatoms. The van der Waals surface area contributed by atoms with Gasteiger partial charge in [0, 0.05) is 49.8 Å². The molecule has 12 nitrogen and oxygen atoms in total. The van der Waals surface area contributed by atoms with Crippen molar-refractivity contribution in [1.29, 1.82) is 0 Å². The molecule has 0 atom stereocenters. The number of anilines is 2. The van der Waals surface area contributed by atoms with Gasteiger partial charge in [0.1, 0.15) is 5.82 Å². The van der Waals surface area contributed by atoms with Gasteiger partial charge in [-0.05, 0) is 49.2 Å². The van der Waals surface area contributed by atoms with Crippen LogP contribution in [-0.4, -0.2) is 86.1 Å². The summed E-state index contributed by atoms with van der Waals surface area (Å²) in [7, 11) is 0. The molecule has 3 aromatic heterocycles. The second-order valence-electron chi connectivity index (χ2n) is 9.57. The Morgan fingerprint density at radius 2 is 1.74 bits per heavy atom. The SMILES string of the molecule is O=C(O)Nc1ccc(-c2nc(N3CCOCC3)c3cnn(C4CCN(C(=O)c5cccnc5)CC4)c3n2)cc1. The molecule has 0 radical (unpaired) electrons. The largest absolute Gasteiger partial charge is 0.465 e. The first-order chi connectivity index (χ1) is 19.1. The molecule has 2 aliphatic rings. The van der Waals surface area contributed by atoms with E-state index in [0.29, 0.717) is 56.5 Å². The van der Waals surface area contributed by atoms with Crippen molar-refractivity contribution in [2.75, 3.05) is 49.6 Å². The molecule has 200 valence electrons. The summed E-state index contributed by atoms with van der Waals surface area (Å²) in [5.41, 5.74) is 2.58. The van der Waals surface area contributed by atoms with Crippen molar-refractivity contribution in [3.8, 4) is 11.4 Å². The van der Waals surface area contributed by atoms with Crippen LogP contribution in [0.1, 0.15) is 29.2 Å². The Morgan fingerprint density at radius 3 is 2.44 bits per heavy atom. The number of fused-ring (bicyclic) bond motifs is 1. The van der Waals surface area contributed by atoms with E-state index in [1.165, 1.54) is 0 Å².